The number of ether oxygens (including phenoxy) is 1. The number of carbonyl (C=O) groups excluding carboxylic acids is 3. The molecule has 0 unspecified atom stereocenters. The summed E-state index contributed by atoms with van der Waals surface area (Å²) in [5.41, 5.74) is 2.91. The molecular weight excluding hydrogens is 420 g/mol. The fourth-order valence-electron chi connectivity index (χ4n) is 4.35. The van der Waals surface area contributed by atoms with Gasteiger partial charge in [-0.05, 0) is 42.2 Å². The van der Waals surface area contributed by atoms with Gasteiger partial charge in [-0.25, -0.2) is 4.79 Å². The Morgan fingerprint density at radius 2 is 1.88 bits per heavy atom. The number of benzene rings is 2. The monoisotopic (exact) mass is 446 g/mol. The number of fused-ring (bicyclic) bond motifs is 1. The fraction of sp³-hybridized carbons (Fsp3) is 0.320. The summed E-state index contributed by atoms with van der Waals surface area (Å²) in [4.78, 5) is 44.7. The van der Waals surface area contributed by atoms with Crippen LogP contribution >= 0.6 is 0 Å². The van der Waals surface area contributed by atoms with Crippen molar-refractivity contribution in [2.45, 2.75) is 37.9 Å². The number of rotatable bonds is 8. The van der Waals surface area contributed by atoms with E-state index in [9.17, 15) is 14.4 Å². The van der Waals surface area contributed by atoms with E-state index < -0.39 is 12.1 Å². The molecular formula is C25H26N4O4. The van der Waals surface area contributed by atoms with Gasteiger partial charge in [0.05, 0.1) is 7.11 Å². The van der Waals surface area contributed by atoms with Crippen molar-refractivity contribution in [3.63, 3.8) is 0 Å². The molecule has 2 aromatic carbocycles. The number of nitrogens with zero attached hydrogens (tertiary/aromatic N) is 2. The zero-order chi connectivity index (χ0) is 22.9. The maximum absolute atomic E-state index is 13.1. The lowest BCUT2D eigenvalue weighted by Gasteiger charge is -2.24. The highest BCUT2D eigenvalue weighted by atomic mass is 16.5. The molecule has 1 aromatic heterocycles. The summed E-state index contributed by atoms with van der Waals surface area (Å²) in [5, 5.41) is 3.77. The molecule has 1 saturated heterocycles. The third-order valence-electron chi connectivity index (χ3n) is 6.32. The van der Waals surface area contributed by atoms with Gasteiger partial charge in [-0.2, -0.15) is 0 Å². The Morgan fingerprint density at radius 1 is 1.12 bits per heavy atom. The van der Waals surface area contributed by atoms with E-state index in [-0.39, 0.29) is 24.4 Å². The number of carbonyl (C=O) groups is 3. The number of amides is 4. The molecule has 0 bridgehead atoms. The summed E-state index contributed by atoms with van der Waals surface area (Å²) in [7, 11) is 1.61. The van der Waals surface area contributed by atoms with Crippen LogP contribution in [0.15, 0.2) is 54.7 Å². The van der Waals surface area contributed by atoms with Crippen LogP contribution in [0.4, 0.5) is 4.79 Å². The summed E-state index contributed by atoms with van der Waals surface area (Å²) in [6.45, 7) is 0.192. The lowest BCUT2D eigenvalue weighted by atomic mass is 10.1. The Kier molecular flexibility index (Phi) is 5.50. The van der Waals surface area contributed by atoms with Gasteiger partial charge in [-0.3, -0.25) is 14.5 Å². The van der Waals surface area contributed by atoms with Gasteiger partial charge in [0.15, 0.2) is 0 Å². The van der Waals surface area contributed by atoms with E-state index in [0.29, 0.717) is 13.0 Å². The highest BCUT2D eigenvalue weighted by molar-refractivity contribution is 6.06. The van der Waals surface area contributed by atoms with E-state index in [4.69, 9.17) is 4.74 Å². The maximum atomic E-state index is 13.1. The molecule has 1 aliphatic carbocycles. The van der Waals surface area contributed by atoms with Gasteiger partial charge >= 0.3 is 6.03 Å². The van der Waals surface area contributed by atoms with Crippen LogP contribution in [0.2, 0.25) is 0 Å². The number of nitrogens with one attached hydrogen (secondary N) is 2. The van der Waals surface area contributed by atoms with E-state index in [1.54, 1.807) is 12.0 Å². The maximum Gasteiger partial charge on any atom is 0.325 e. The van der Waals surface area contributed by atoms with Gasteiger partial charge in [0, 0.05) is 36.1 Å². The van der Waals surface area contributed by atoms with E-state index in [1.165, 1.54) is 0 Å². The number of methoxy groups -OCH3 is 1. The number of urea groups is 1. The highest BCUT2D eigenvalue weighted by Crippen LogP contribution is 2.29. The molecule has 170 valence electrons. The minimum absolute atomic E-state index is 0.155. The van der Waals surface area contributed by atoms with Gasteiger partial charge in [-0.1, -0.05) is 30.3 Å². The van der Waals surface area contributed by atoms with E-state index in [1.807, 2.05) is 54.7 Å². The van der Waals surface area contributed by atoms with Crippen LogP contribution in [0.3, 0.4) is 0 Å². The number of imide groups is 1. The second-order valence-electron chi connectivity index (χ2n) is 8.59. The number of aromatic amines is 1. The SMILES string of the molecule is COc1ccc(CN(C(=O)CN2C(=O)N[C@@H](Cc3c[nH]c4ccccc34)C2=O)C2CC2)cc1. The zero-order valence-electron chi connectivity index (χ0n) is 18.4. The fourth-order valence-corrected chi connectivity index (χ4v) is 4.35. The van der Waals surface area contributed by atoms with Crippen LogP contribution in [0.5, 0.6) is 5.75 Å². The molecule has 33 heavy (non-hydrogen) atoms. The summed E-state index contributed by atoms with van der Waals surface area (Å²) < 4.78 is 5.19. The van der Waals surface area contributed by atoms with Crippen molar-refractivity contribution in [1.82, 2.24) is 20.1 Å². The topological polar surface area (TPSA) is 94.7 Å². The van der Waals surface area contributed by atoms with Crippen LogP contribution in [-0.2, 0) is 22.6 Å². The van der Waals surface area contributed by atoms with Gasteiger partial charge < -0.3 is 19.9 Å². The molecule has 2 aliphatic rings. The first-order valence-corrected chi connectivity index (χ1v) is 11.1. The molecule has 1 aliphatic heterocycles. The Hall–Kier alpha value is -3.81. The predicted molar refractivity (Wildman–Crippen MR) is 123 cm³/mol. The molecule has 2 N–H and O–H groups in total. The molecule has 0 spiro atoms. The zero-order valence-corrected chi connectivity index (χ0v) is 18.4. The van der Waals surface area contributed by atoms with Crippen molar-refractivity contribution >= 4 is 28.7 Å². The van der Waals surface area contributed by atoms with Gasteiger partial charge in [0.2, 0.25) is 5.91 Å². The van der Waals surface area contributed by atoms with Crippen molar-refractivity contribution in [3.05, 3.63) is 65.9 Å². The van der Waals surface area contributed by atoms with E-state index in [2.05, 4.69) is 10.3 Å². The predicted octanol–water partition coefficient (Wildman–Crippen LogP) is 2.83. The lowest BCUT2D eigenvalue weighted by molar-refractivity contribution is -0.138. The molecule has 8 heteroatoms. The molecule has 2 fully saturated rings. The molecule has 0 radical (unpaired) electrons. The molecule has 3 aromatic rings. The van der Waals surface area contributed by atoms with Gasteiger partial charge in [-0.15, -0.1) is 0 Å². The second-order valence-corrected chi connectivity index (χ2v) is 8.59. The van der Waals surface area contributed by atoms with Crippen molar-refractivity contribution < 1.29 is 19.1 Å². The van der Waals surface area contributed by atoms with Crippen LogP contribution < -0.4 is 10.1 Å². The summed E-state index contributed by atoms with van der Waals surface area (Å²) in [6, 6.07) is 14.4. The minimum Gasteiger partial charge on any atom is -0.497 e. The molecule has 4 amide bonds. The van der Waals surface area contributed by atoms with E-state index >= 15 is 0 Å². The minimum atomic E-state index is -0.680. The standard InChI is InChI=1S/C25H26N4O4/c1-33-19-10-6-16(7-11-19)14-28(18-8-9-18)23(30)15-29-24(31)22(27-25(29)32)12-17-13-26-21-5-3-2-4-20(17)21/h2-7,10-11,13,18,22,26H,8-9,12,14-15H2,1H3,(H,27,32)/t22-/m0/s1. The highest BCUT2D eigenvalue weighted by Gasteiger charge is 2.41. The third-order valence-corrected chi connectivity index (χ3v) is 6.32. The first-order chi connectivity index (χ1) is 16.0. The number of para-hydroxylation sites is 1. The number of hydrogen-bond donors (Lipinski definition) is 2. The Morgan fingerprint density at radius 3 is 2.61 bits per heavy atom. The summed E-state index contributed by atoms with van der Waals surface area (Å²) in [5.74, 6) is 0.173. The van der Waals surface area contributed by atoms with Crippen LogP contribution in [0.1, 0.15) is 24.0 Å². The molecule has 1 saturated carbocycles. The Labute approximate surface area is 191 Å². The van der Waals surface area contributed by atoms with Crippen LogP contribution in [0, 0.1) is 0 Å². The third kappa shape index (κ3) is 4.28. The van der Waals surface area contributed by atoms with Crippen molar-refractivity contribution in [1.29, 1.82) is 0 Å². The van der Waals surface area contributed by atoms with Crippen molar-refractivity contribution in [3.8, 4) is 5.75 Å². The number of H-pyrrole nitrogens is 1. The number of aromatic nitrogens is 1. The smallest absolute Gasteiger partial charge is 0.325 e. The second kappa shape index (κ2) is 8.61. The number of hydrogen-bond acceptors (Lipinski definition) is 4. The van der Waals surface area contributed by atoms with Crippen molar-refractivity contribution in [2.24, 2.45) is 0 Å². The summed E-state index contributed by atoms with van der Waals surface area (Å²) >= 11 is 0. The normalized spacial score (nSPS) is 18.0. The van der Waals surface area contributed by atoms with Crippen molar-refractivity contribution in [2.75, 3.05) is 13.7 Å². The van der Waals surface area contributed by atoms with Crippen LogP contribution in [-0.4, -0.2) is 58.4 Å². The van der Waals surface area contributed by atoms with Gasteiger partial charge in [0.1, 0.15) is 18.3 Å². The quantitative estimate of drug-likeness (QED) is 0.520. The van der Waals surface area contributed by atoms with Gasteiger partial charge in [0.25, 0.3) is 5.91 Å². The Bertz CT molecular complexity index is 1200. The lowest BCUT2D eigenvalue weighted by Crippen LogP contribution is -2.44. The summed E-state index contributed by atoms with van der Waals surface area (Å²) in [6.07, 6.45) is 4.11. The molecule has 1 atom stereocenters. The largest absolute Gasteiger partial charge is 0.497 e. The average molecular weight is 447 g/mol. The molecule has 5 rings (SSSR count). The molecule has 2 heterocycles. The first kappa shape index (κ1) is 21.1. The first-order valence-electron chi connectivity index (χ1n) is 11.1. The molecule has 8 nitrogen and oxygen atoms in total. The Balaban J connectivity index is 1.26. The van der Waals surface area contributed by atoms with Crippen LogP contribution in [0.25, 0.3) is 10.9 Å². The average Bonchev–Trinajstić information content (AvgIpc) is 3.55. The van der Waals surface area contributed by atoms with E-state index in [0.717, 1.165) is 45.5 Å².